The molecule has 0 unspecified atom stereocenters. The van der Waals surface area contributed by atoms with Crippen molar-refractivity contribution in [2.24, 2.45) is 5.41 Å². The second-order valence-corrected chi connectivity index (χ2v) is 6.38. The summed E-state index contributed by atoms with van der Waals surface area (Å²) in [5, 5.41) is 3.47. The third kappa shape index (κ3) is 3.03. The molecule has 1 heterocycles. The van der Waals surface area contributed by atoms with Gasteiger partial charge in [-0.1, -0.05) is 20.8 Å². The van der Waals surface area contributed by atoms with Gasteiger partial charge < -0.3 is 5.32 Å². The molecule has 0 fully saturated rings. The first-order chi connectivity index (χ1) is 6.74. The number of halogens is 1. The number of hydrogen-bond acceptors (Lipinski definition) is 3. The van der Waals surface area contributed by atoms with Crippen molar-refractivity contribution in [2.45, 2.75) is 40.2 Å². The first kappa shape index (κ1) is 12.7. The van der Waals surface area contributed by atoms with Crippen LogP contribution in [0.5, 0.6) is 0 Å². The summed E-state index contributed by atoms with van der Waals surface area (Å²) in [6, 6.07) is 0. The molecule has 0 bridgehead atoms. The van der Waals surface area contributed by atoms with Crippen LogP contribution in [-0.2, 0) is 0 Å². The Morgan fingerprint density at radius 2 is 1.80 bits per heavy atom. The Bertz CT molecular complexity index is 342. The van der Waals surface area contributed by atoms with Crippen LogP contribution < -0.4 is 5.32 Å². The van der Waals surface area contributed by atoms with Gasteiger partial charge in [-0.25, -0.2) is 9.97 Å². The molecule has 1 N–H and O–H groups in total. The van der Waals surface area contributed by atoms with Crippen molar-refractivity contribution in [3.05, 3.63) is 16.1 Å². The number of nitrogens with zero attached hydrogens (tertiary/aromatic N) is 2. The predicted octanol–water partition coefficient (Wildman–Crippen LogP) is 3.32. The molecule has 0 aliphatic carbocycles. The van der Waals surface area contributed by atoms with Gasteiger partial charge in [0.15, 0.2) is 0 Å². The van der Waals surface area contributed by atoms with Gasteiger partial charge in [-0.15, -0.1) is 0 Å². The summed E-state index contributed by atoms with van der Waals surface area (Å²) < 4.78 is 1.05. The highest BCUT2D eigenvalue weighted by Crippen LogP contribution is 2.33. The molecule has 15 heavy (non-hydrogen) atoms. The Morgan fingerprint density at radius 3 is 2.27 bits per heavy atom. The number of nitrogens with one attached hydrogen (secondary N) is 1. The average molecular weight is 319 g/mol. The molecule has 0 saturated heterocycles. The minimum absolute atomic E-state index is 0.0126. The van der Waals surface area contributed by atoms with Crippen LogP contribution >= 0.6 is 22.6 Å². The van der Waals surface area contributed by atoms with Crippen LogP contribution in [-0.4, -0.2) is 15.5 Å². The molecule has 4 heteroatoms. The summed E-state index contributed by atoms with van der Waals surface area (Å²) in [5.41, 5.74) is 0.155. The lowest BCUT2D eigenvalue weighted by Gasteiger charge is -2.40. The molecule has 0 spiro atoms. The monoisotopic (exact) mass is 319 g/mol. The van der Waals surface area contributed by atoms with Gasteiger partial charge in [0, 0.05) is 11.7 Å². The smallest absolute Gasteiger partial charge is 0.143 e. The van der Waals surface area contributed by atoms with Gasteiger partial charge >= 0.3 is 0 Å². The van der Waals surface area contributed by atoms with Gasteiger partial charge in [0.2, 0.25) is 0 Å². The van der Waals surface area contributed by atoms with Crippen LogP contribution in [0.3, 0.4) is 0 Å². The Kier molecular flexibility index (Phi) is 3.58. The Hall–Kier alpha value is -0.390. The van der Waals surface area contributed by atoms with Gasteiger partial charge in [0.25, 0.3) is 0 Å². The zero-order valence-electron chi connectivity index (χ0n) is 9.93. The van der Waals surface area contributed by atoms with Gasteiger partial charge in [0.05, 0.1) is 3.57 Å². The van der Waals surface area contributed by atoms with E-state index in [1.54, 1.807) is 6.33 Å². The molecule has 84 valence electrons. The lowest BCUT2D eigenvalue weighted by Crippen LogP contribution is -2.44. The topological polar surface area (TPSA) is 37.8 Å². The molecule has 0 aliphatic heterocycles. The van der Waals surface area contributed by atoms with Crippen molar-refractivity contribution in [3.8, 4) is 0 Å². The molecule has 1 rings (SSSR count). The first-order valence-corrected chi connectivity index (χ1v) is 6.05. The Morgan fingerprint density at radius 1 is 1.20 bits per heavy atom. The van der Waals surface area contributed by atoms with E-state index >= 15 is 0 Å². The fourth-order valence-corrected chi connectivity index (χ4v) is 1.32. The molecule has 0 atom stereocenters. The maximum Gasteiger partial charge on any atom is 0.143 e. The molecule has 0 aliphatic rings. The van der Waals surface area contributed by atoms with Crippen LogP contribution in [0.15, 0.2) is 12.5 Å². The molecule has 1 aromatic rings. The van der Waals surface area contributed by atoms with E-state index in [2.05, 4.69) is 72.5 Å². The summed E-state index contributed by atoms with van der Waals surface area (Å²) in [6.45, 7) is 11.0. The van der Waals surface area contributed by atoms with Crippen molar-refractivity contribution in [2.75, 3.05) is 5.32 Å². The van der Waals surface area contributed by atoms with Crippen molar-refractivity contribution in [1.82, 2.24) is 9.97 Å². The second-order valence-electron chi connectivity index (χ2n) is 5.22. The maximum absolute atomic E-state index is 4.25. The van der Waals surface area contributed by atoms with E-state index in [0.717, 1.165) is 9.39 Å². The van der Waals surface area contributed by atoms with E-state index < -0.39 is 0 Å². The number of hydrogen-bond donors (Lipinski definition) is 1. The van der Waals surface area contributed by atoms with Crippen LogP contribution in [0.2, 0.25) is 0 Å². The Balaban J connectivity index is 2.92. The lowest BCUT2D eigenvalue weighted by atomic mass is 9.76. The number of aromatic nitrogens is 2. The molecular formula is C11H18IN3. The standard InChI is InChI=1S/C11H18IN3/c1-10(2,3)11(4,5)15-9-8(12)6-13-7-14-9/h6-7H,1-5H3,(H,13,14,15). The summed E-state index contributed by atoms with van der Waals surface area (Å²) in [4.78, 5) is 8.23. The zero-order chi connectivity index (χ0) is 11.7. The molecule has 0 radical (unpaired) electrons. The van der Waals surface area contributed by atoms with Crippen LogP contribution in [0.1, 0.15) is 34.6 Å². The van der Waals surface area contributed by atoms with Crippen molar-refractivity contribution < 1.29 is 0 Å². The van der Waals surface area contributed by atoms with Crippen molar-refractivity contribution >= 4 is 28.4 Å². The molecular weight excluding hydrogens is 301 g/mol. The lowest BCUT2D eigenvalue weighted by molar-refractivity contribution is 0.253. The average Bonchev–Trinajstić information content (AvgIpc) is 2.06. The summed E-state index contributed by atoms with van der Waals surface area (Å²) in [5.74, 6) is 0.908. The molecule has 0 amide bonds. The van der Waals surface area contributed by atoms with Gasteiger partial charge in [-0.3, -0.25) is 0 Å². The normalized spacial score (nSPS) is 12.7. The number of rotatable bonds is 2. The molecule has 3 nitrogen and oxygen atoms in total. The summed E-state index contributed by atoms with van der Waals surface area (Å²) in [6.07, 6.45) is 3.39. The number of anilines is 1. The van der Waals surface area contributed by atoms with Crippen LogP contribution in [0, 0.1) is 8.99 Å². The SMILES string of the molecule is CC(C)(C)C(C)(C)Nc1ncncc1I. The minimum Gasteiger partial charge on any atom is -0.364 e. The second kappa shape index (κ2) is 4.23. The fourth-order valence-electron chi connectivity index (χ4n) is 0.888. The van der Waals surface area contributed by atoms with Crippen molar-refractivity contribution in [1.29, 1.82) is 0 Å². The summed E-state index contributed by atoms with van der Waals surface area (Å²) >= 11 is 2.24. The first-order valence-electron chi connectivity index (χ1n) is 4.98. The van der Waals surface area contributed by atoms with Gasteiger partial charge in [-0.2, -0.15) is 0 Å². The van der Waals surface area contributed by atoms with E-state index in [0.29, 0.717) is 0 Å². The van der Waals surface area contributed by atoms with E-state index in [1.165, 1.54) is 0 Å². The zero-order valence-corrected chi connectivity index (χ0v) is 12.1. The largest absolute Gasteiger partial charge is 0.364 e. The van der Waals surface area contributed by atoms with E-state index in [1.807, 2.05) is 6.20 Å². The third-order valence-corrected chi connectivity index (χ3v) is 3.76. The highest BCUT2D eigenvalue weighted by Gasteiger charge is 2.33. The molecule has 0 aromatic carbocycles. The fraction of sp³-hybridized carbons (Fsp3) is 0.636. The summed E-state index contributed by atoms with van der Waals surface area (Å²) in [7, 11) is 0. The van der Waals surface area contributed by atoms with Gasteiger partial charge in [0.1, 0.15) is 12.1 Å². The Labute approximate surface area is 105 Å². The van der Waals surface area contributed by atoms with E-state index in [4.69, 9.17) is 0 Å². The molecule has 1 aromatic heterocycles. The third-order valence-electron chi connectivity index (χ3n) is 2.97. The highest BCUT2D eigenvalue weighted by molar-refractivity contribution is 14.1. The van der Waals surface area contributed by atoms with Crippen LogP contribution in [0.4, 0.5) is 5.82 Å². The predicted molar refractivity (Wildman–Crippen MR) is 71.9 cm³/mol. The van der Waals surface area contributed by atoms with Crippen LogP contribution in [0.25, 0.3) is 0 Å². The quantitative estimate of drug-likeness (QED) is 0.850. The van der Waals surface area contributed by atoms with E-state index in [9.17, 15) is 0 Å². The van der Waals surface area contributed by atoms with Gasteiger partial charge in [-0.05, 0) is 41.9 Å². The maximum atomic E-state index is 4.25. The van der Waals surface area contributed by atoms with Crippen molar-refractivity contribution in [3.63, 3.8) is 0 Å². The minimum atomic E-state index is -0.0126. The van der Waals surface area contributed by atoms with E-state index in [-0.39, 0.29) is 11.0 Å². The highest BCUT2D eigenvalue weighted by atomic mass is 127. The molecule has 0 saturated carbocycles.